The number of halogens is 1. The molecule has 0 aromatic heterocycles. The van der Waals surface area contributed by atoms with E-state index < -0.39 is 6.04 Å². The summed E-state index contributed by atoms with van der Waals surface area (Å²) in [5, 5.41) is 3.38. The van der Waals surface area contributed by atoms with Gasteiger partial charge in [-0.2, -0.15) is 0 Å². The van der Waals surface area contributed by atoms with Gasteiger partial charge in [0.15, 0.2) is 0 Å². The number of benzene rings is 2. The highest BCUT2D eigenvalue weighted by Crippen LogP contribution is 2.30. The van der Waals surface area contributed by atoms with Crippen molar-refractivity contribution >= 4 is 29.1 Å². The predicted molar refractivity (Wildman–Crippen MR) is 109 cm³/mol. The van der Waals surface area contributed by atoms with E-state index in [2.05, 4.69) is 10.2 Å². The lowest BCUT2D eigenvalue weighted by atomic mass is 9.93. The molecular weight excluding hydrogens is 378 g/mol. The summed E-state index contributed by atoms with van der Waals surface area (Å²) in [7, 11) is 1.54. The molecule has 1 aliphatic heterocycles. The second-order valence-corrected chi connectivity index (χ2v) is 7.27. The van der Waals surface area contributed by atoms with Gasteiger partial charge >= 0.3 is 0 Å². The van der Waals surface area contributed by atoms with Crippen LogP contribution in [0.5, 0.6) is 5.75 Å². The maximum atomic E-state index is 13.2. The number of piperidine rings is 1. The number of anilines is 1. The van der Waals surface area contributed by atoms with E-state index in [1.807, 2.05) is 30.3 Å². The number of likely N-dealkylation sites (tertiary alicyclic amines) is 1. The average Bonchev–Trinajstić information content (AvgIpc) is 2.69. The van der Waals surface area contributed by atoms with E-state index in [-0.39, 0.29) is 17.7 Å². The molecular formula is C21H24ClN3O3. The van der Waals surface area contributed by atoms with Crippen molar-refractivity contribution in [2.45, 2.75) is 18.9 Å². The lowest BCUT2D eigenvalue weighted by Crippen LogP contribution is -2.44. The molecule has 0 aliphatic carbocycles. The number of nitrogens with one attached hydrogen (secondary N) is 1. The van der Waals surface area contributed by atoms with Gasteiger partial charge in [0.25, 0.3) is 0 Å². The Kier molecular flexibility index (Phi) is 6.54. The van der Waals surface area contributed by atoms with E-state index in [1.165, 1.54) is 0 Å². The number of hydrogen-bond donors (Lipinski definition) is 2. The Hall–Kier alpha value is -2.57. The number of ether oxygens (including phenoxy) is 1. The molecule has 0 bridgehead atoms. The monoisotopic (exact) mass is 401 g/mol. The molecule has 6 nitrogen and oxygen atoms in total. The van der Waals surface area contributed by atoms with Crippen LogP contribution in [-0.2, 0) is 9.59 Å². The fraction of sp³-hybridized carbons (Fsp3) is 0.333. The minimum atomic E-state index is -0.462. The molecule has 1 heterocycles. The molecule has 3 N–H and O–H groups in total. The van der Waals surface area contributed by atoms with E-state index in [4.69, 9.17) is 22.1 Å². The first-order valence-electron chi connectivity index (χ1n) is 9.22. The summed E-state index contributed by atoms with van der Waals surface area (Å²) >= 11 is 6.17. The quantitative estimate of drug-likeness (QED) is 0.778. The van der Waals surface area contributed by atoms with Crippen LogP contribution >= 0.6 is 11.6 Å². The number of amides is 2. The topological polar surface area (TPSA) is 84.7 Å². The molecule has 0 unspecified atom stereocenters. The van der Waals surface area contributed by atoms with E-state index in [9.17, 15) is 9.59 Å². The van der Waals surface area contributed by atoms with Crippen LogP contribution < -0.4 is 15.8 Å². The molecule has 2 amide bonds. The third-order valence-electron chi connectivity index (χ3n) is 5.08. The van der Waals surface area contributed by atoms with Crippen molar-refractivity contribution in [3.05, 3.63) is 59.1 Å². The van der Waals surface area contributed by atoms with E-state index >= 15 is 0 Å². The van der Waals surface area contributed by atoms with Crippen molar-refractivity contribution in [3.63, 3.8) is 0 Å². The highest BCUT2D eigenvalue weighted by molar-refractivity contribution is 6.32. The first-order chi connectivity index (χ1) is 13.5. The highest BCUT2D eigenvalue weighted by atomic mass is 35.5. The zero-order valence-corrected chi connectivity index (χ0v) is 16.5. The molecule has 2 aromatic rings. The summed E-state index contributed by atoms with van der Waals surface area (Å²) in [6, 6.07) is 14.3. The van der Waals surface area contributed by atoms with Gasteiger partial charge in [-0.25, -0.2) is 0 Å². The molecule has 1 saturated heterocycles. The zero-order valence-electron chi connectivity index (χ0n) is 15.7. The van der Waals surface area contributed by atoms with Gasteiger partial charge in [0.2, 0.25) is 11.8 Å². The zero-order chi connectivity index (χ0) is 20.1. The molecule has 28 heavy (non-hydrogen) atoms. The van der Waals surface area contributed by atoms with Gasteiger partial charge in [-0.3, -0.25) is 14.5 Å². The normalized spacial score (nSPS) is 16.4. The van der Waals surface area contributed by atoms with E-state index in [0.717, 1.165) is 5.56 Å². The number of nitrogens with zero attached hydrogens (tertiary/aromatic N) is 1. The number of nitrogens with two attached hydrogens (primary N) is 1. The van der Waals surface area contributed by atoms with Crippen LogP contribution in [-0.4, -0.2) is 36.9 Å². The Morgan fingerprint density at radius 3 is 2.43 bits per heavy atom. The largest absolute Gasteiger partial charge is 0.495 e. The number of carbonyl (C=O) groups excluding carboxylic acids is 2. The lowest BCUT2D eigenvalue weighted by molar-refractivity contribution is -0.125. The van der Waals surface area contributed by atoms with Crippen LogP contribution in [0.2, 0.25) is 5.02 Å². The average molecular weight is 402 g/mol. The smallest absolute Gasteiger partial charge is 0.246 e. The maximum absolute atomic E-state index is 13.2. The summed E-state index contributed by atoms with van der Waals surface area (Å²) in [6.07, 6.45) is 1.31. The molecule has 3 rings (SSSR count). The molecule has 0 spiro atoms. The van der Waals surface area contributed by atoms with E-state index in [0.29, 0.717) is 42.4 Å². The first-order valence-corrected chi connectivity index (χ1v) is 9.60. The first kappa shape index (κ1) is 20.2. The SMILES string of the molecule is COc1ccc(NC(=O)[C@@H](c2ccccc2)N2CCC(C(N)=O)CC2)cc1Cl. The van der Waals surface area contributed by atoms with Gasteiger partial charge in [0, 0.05) is 11.6 Å². The van der Waals surface area contributed by atoms with Crippen LogP contribution in [0.4, 0.5) is 5.69 Å². The Morgan fingerprint density at radius 1 is 1.18 bits per heavy atom. The third-order valence-corrected chi connectivity index (χ3v) is 5.38. The summed E-state index contributed by atoms with van der Waals surface area (Å²) in [4.78, 5) is 26.7. The Morgan fingerprint density at radius 2 is 1.86 bits per heavy atom. The molecule has 1 aliphatic rings. The molecule has 0 radical (unpaired) electrons. The Labute approximate surface area is 169 Å². The predicted octanol–water partition coefficient (Wildman–Crippen LogP) is 3.23. The van der Waals surface area contributed by atoms with Gasteiger partial charge in [-0.1, -0.05) is 41.9 Å². The van der Waals surface area contributed by atoms with Gasteiger partial charge in [0.1, 0.15) is 11.8 Å². The van der Waals surface area contributed by atoms with Gasteiger partial charge in [-0.05, 0) is 49.7 Å². The summed E-state index contributed by atoms with van der Waals surface area (Å²) in [5.41, 5.74) is 6.94. The highest BCUT2D eigenvalue weighted by Gasteiger charge is 2.32. The summed E-state index contributed by atoms with van der Waals surface area (Å²) in [5.74, 6) is 0.00197. The van der Waals surface area contributed by atoms with Crippen molar-refractivity contribution in [2.75, 3.05) is 25.5 Å². The molecule has 7 heteroatoms. The summed E-state index contributed by atoms with van der Waals surface area (Å²) < 4.78 is 5.16. The van der Waals surface area contributed by atoms with Crippen molar-refractivity contribution in [1.82, 2.24) is 4.90 Å². The number of primary amides is 1. The van der Waals surface area contributed by atoms with Crippen LogP contribution in [0, 0.1) is 5.92 Å². The van der Waals surface area contributed by atoms with Gasteiger partial charge < -0.3 is 15.8 Å². The second-order valence-electron chi connectivity index (χ2n) is 6.86. The van der Waals surface area contributed by atoms with Crippen molar-refractivity contribution in [1.29, 1.82) is 0 Å². The number of methoxy groups -OCH3 is 1. The number of hydrogen-bond acceptors (Lipinski definition) is 4. The van der Waals surface area contributed by atoms with Crippen molar-refractivity contribution in [3.8, 4) is 5.75 Å². The van der Waals surface area contributed by atoms with Crippen LogP contribution in [0.3, 0.4) is 0 Å². The lowest BCUT2D eigenvalue weighted by Gasteiger charge is -2.36. The molecule has 2 aromatic carbocycles. The molecule has 148 valence electrons. The van der Waals surface area contributed by atoms with Crippen LogP contribution in [0.25, 0.3) is 0 Å². The molecule has 1 atom stereocenters. The summed E-state index contributed by atoms with van der Waals surface area (Å²) in [6.45, 7) is 1.26. The van der Waals surface area contributed by atoms with Crippen LogP contribution in [0.1, 0.15) is 24.4 Å². The van der Waals surface area contributed by atoms with Crippen molar-refractivity contribution < 1.29 is 14.3 Å². The fourth-order valence-electron chi connectivity index (χ4n) is 3.56. The Balaban J connectivity index is 1.80. The minimum absolute atomic E-state index is 0.129. The Bertz CT molecular complexity index is 836. The number of rotatable bonds is 6. The van der Waals surface area contributed by atoms with E-state index in [1.54, 1.807) is 25.3 Å². The second kappa shape index (κ2) is 9.08. The standard InChI is InChI=1S/C21H24ClN3O3/c1-28-18-8-7-16(13-17(18)22)24-21(27)19(14-5-3-2-4-6-14)25-11-9-15(10-12-25)20(23)26/h2-8,13,15,19H,9-12H2,1H3,(H2,23,26)(H,24,27)/t19-/m1/s1. The van der Waals surface area contributed by atoms with Crippen LogP contribution in [0.15, 0.2) is 48.5 Å². The van der Waals surface area contributed by atoms with Gasteiger partial charge in [-0.15, -0.1) is 0 Å². The van der Waals surface area contributed by atoms with Crippen molar-refractivity contribution in [2.24, 2.45) is 11.7 Å². The number of carbonyl (C=O) groups is 2. The third kappa shape index (κ3) is 4.64. The molecule has 1 fully saturated rings. The maximum Gasteiger partial charge on any atom is 0.246 e. The minimum Gasteiger partial charge on any atom is -0.495 e. The fourth-order valence-corrected chi connectivity index (χ4v) is 3.82. The van der Waals surface area contributed by atoms with Gasteiger partial charge in [0.05, 0.1) is 12.1 Å². The molecule has 0 saturated carbocycles.